The highest BCUT2D eigenvalue weighted by molar-refractivity contribution is 8.14. The zero-order valence-corrected chi connectivity index (χ0v) is 13.3. The molecule has 1 aliphatic heterocycles. The zero-order valence-electron chi connectivity index (χ0n) is 11.7. The highest BCUT2D eigenvalue weighted by Crippen LogP contribution is 2.38. The molecule has 0 bridgehead atoms. The molecule has 0 spiro atoms. The number of hydrogen-bond donors (Lipinski definition) is 0. The molecule has 0 saturated carbocycles. The van der Waals surface area contributed by atoms with Crippen molar-refractivity contribution >= 4 is 34.2 Å². The summed E-state index contributed by atoms with van der Waals surface area (Å²) in [5.74, 6) is 1.28. The van der Waals surface area contributed by atoms with E-state index in [0.29, 0.717) is 11.1 Å². The molecule has 0 aromatic heterocycles. The van der Waals surface area contributed by atoms with Crippen molar-refractivity contribution in [1.82, 2.24) is 4.90 Å². The van der Waals surface area contributed by atoms with Gasteiger partial charge >= 0.3 is 6.18 Å². The first-order chi connectivity index (χ1) is 9.77. The maximum atomic E-state index is 13.1. The predicted molar refractivity (Wildman–Crippen MR) is 82.4 cm³/mol. The van der Waals surface area contributed by atoms with Crippen LogP contribution in [0, 0.1) is 5.92 Å². The summed E-state index contributed by atoms with van der Waals surface area (Å²) in [5, 5.41) is 0.709. The normalized spacial score (nSPS) is 18.0. The minimum Gasteiger partial charge on any atom is -0.350 e. The molecular formula is C14H16ClF3N2S. The Hall–Kier alpha value is -0.880. The fraction of sp³-hybridized carbons (Fsp3) is 0.500. The molecule has 0 atom stereocenters. The largest absolute Gasteiger partial charge is 0.418 e. The summed E-state index contributed by atoms with van der Waals surface area (Å²) < 4.78 is 39.2. The molecule has 2 nitrogen and oxygen atoms in total. The second-order valence-electron chi connectivity index (χ2n) is 5.24. The van der Waals surface area contributed by atoms with E-state index in [1.165, 1.54) is 23.9 Å². The molecule has 21 heavy (non-hydrogen) atoms. The summed E-state index contributed by atoms with van der Waals surface area (Å²) in [6.45, 7) is 5.76. The molecule has 116 valence electrons. The van der Waals surface area contributed by atoms with Gasteiger partial charge in [0.2, 0.25) is 0 Å². The van der Waals surface area contributed by atoms with Gasteiger partial charge in [-0.25, -0.2) is 4.99 Å². The van der Waals surface area contributed by atoms with Crippen LogP contribution in [0.2, 0.25) is 5.02 Å². The first-order valence-electron chi connectivity index (χ1n) is 6.60. The molecular weight excluding hydrogens is 321 g/mol. The summed E-state index contributed by atoms with van der Waals surface area (Å²) in [4.78, 5) is 6.26. The van der Waals surface area contributed by atoms with Crippen LogP contribution < -0.4 is 0 Å². The van der Waals surface area contributed by atoms with E-state index in [1.54, 1.807) is 0 Å². The van der Waals surface area contributed by atoms with Crippen LogP contribution in [-0.4, -0.2) is 28.9 Å². The number of amidine groups is 1. The average molecular weight is 337 g/mol. The Labute approximate surface area is 131 Å². The Morgan fingerprint density at radius 2 is 2.10 bits per heavy atom. The smallest absolute Gasteiger partial charge is 0.350 e. The molecule has 0 aliphatic carbocycles. The van der Waals surface area contributed by atoms with Crippen LogP contribution in [-0.2, 0) is 6.18 Å². The number of thioether (sulfide) groups is 1. The Balaban J connectivity index is 2.36. The van der Waals surface area contributed by atoms with Gasteiger partial charge in [-0.15, -0.1) is 0 Å². The molecule has 0 radical (unpaired) electrons. The molecule has 1 heterocycles. The minimum atomic E-state index is -4.46. The van der Waals surface area contributed by atoms with E-state index in [0.717, 1.165) is 24.9 Å². The lowest BCUT2D eigenvalue weighted by atomic mass is 10.2. The van der Waals surface area contributed by atoms with Crippen molar-refractivity contribution in [1.29, 1.82) is 0 Å². The summed E-state index contributed by atoms with van der Waals surface area (Å²) in [6, 6.07) is 3.68. The third-order valence-corrected chi connectivity index (χ3v) is 4.16. The number of rotatable bonds is 3. The first-order valence-corrected chi connectivity index (χ1v) is 7.97. The molecule has 1 aromatic rings. The Morgan fingerprint density at radius 1 is 1.38 bits per heavy atom. The van der Waals surface area contributed by atoms with Gasteiger partial charge in [0.05, 0.1) is 11.3 Å². The predicted octanol–water partition coefficient (Wildman–Crippen LogP) is 5.05. The lowest BCUT2D eigenvalue weighted by Crippen LogP contribution is -2.28. The van der Waals surface area contributed by atoms with Crippen LogP contribution in [0.5, 0.6) is 0 Å². The molecule has 1 fully saturated rings. The van der Waals surface area contributed by atoms with Gasteiger partial charge < -0.3 is 4.90 Å². The van der Waals surface area contributed by atoms with Gasteiger partial charge in [0, 0.05) is 23.9 Å². The Bertz CT molecular complexity index is 544. The molecule has 1 aliphatic rings. The summed E-state index contributed by atoms with van der Waals surface area (Å²) in [5.41, 5.74) is -0.871. The monoisotopic (exact) mass is 336 g/mol. The fourth-order valence-corrected chi connectivity index (χ4v) is 3.26. The maximum absolute atomic E-state index is 13.1. The van der Waals surface area contributed by atoms with Gasteiger partial charge in [-0.3, -0.25) is 0 Å². The van der Waals surface area contributed by atoms with Gasteiger partial charge in [0.25, 0.3) is 0 Å². The SMILES string of the molecule is CC(C)CN1CCSC1=Nc1ccc(Cl)cc1C(F)(F)F. The topological polar surface area (TPSA) is 15.6 Å². The molecule has 1 aromatic carbocycles. The van der Waals surface area contributed by atoms with Gasteiger partial charge in [-0.2, -0.15) is 13.2 Å². The minimum absolute atomic E-state index is 0.0596. The second-order valence-corrected chi connectivity index (χ2v) is 6.74. The quantitative estimate of drug-likeness (QED) is 0.767. The van der Waals surface area contributed by atoms with Crippen molar-refractivity contribution in [2.24, 2.45) is 10.9 Å². The van der Waals surface area contributed by atoms with Gasteiger partial charge in [0.15, 0.2) is 5.17 Å². The van der Waals surface area contributed by atoms with Gasteiger partial charge in [-0.05, 0) is 24.1 Å². The second kappa shape index (κ2) is 6.48. The van der Waals surface area contributed by atoms with Crippen molar-refractivity contribution < 1.29 is 13.2 Å². The summed E-state index contributed by atoms with van der Waals surface area (Å²) in [7, 11) is 0. The van der Waals surface area contributed by atoms with E-state index in [2.05, 4.69) is 18.8 Å². The van der Waals surface area contributed by atoms with Gasteiger partial charge in [0.1, 0.15) is 0 Å². The van der Waals surface area contributed by atoms with E-state index in [4.69, 9.17) is 11.6 Å². The molecule has 0 amide bonds. The van der Waals surface area contributed by atoms with Crippen LogP contribution in [0.15, 0.2) is 23.2 Å². The lowest BCUT2D eigenvalue weighted by molar-refractivity contribution is -0.137. The van der Waals surface area contributed by atoms with Crippen molar-refractivity contribution in [2.45, 2.75) is 20.0 Å². The Morgan fingerprint density at radius 3 is 2.71 bits per heavy atom. The van der Waals surface area contributed by atoms with E-state index < -0.39 is 11.7 Å². The van der Waals surface area contributed by atoms with Crippen molar-refractivity contribution in [2.75, 3.05) is 18.8 Å². The van der Waals surface area contributed by atoms with Crippen molar-refractivity contribution in [3.8, 4) is 0 Å². The number of benzene rings is 1. The van der Waals surface area contributed by atoms with Crippen molar-refractivity contribution in [3.05, 3.63) is 28.8 Å². The van der Waals surface area contributed by atoms with E-state index in [-0.39, 0.29) is 10.7 Å². The van der Waals surface area contributed by atoms with Gasteiger partial charge in [-0.1, -0.05) is 37.2 Å². The van der Waals surface area contributed by atoms with E-state index >= 15 is 0 Å². The molecule has 1 saturated heterocycles. The maximum Gasteiger partial charge on any atom is 0.418 e. The van der Waals surface area contributed by atoms with Crippen LogP contribution in [0.3, 0.4) is 0 Å². The summed E-state index contributed by atoms with van der Waals surface area (Å²) >= 11 is 7.16. The zero-order chi connectivity index (χ0) is 15.6. The van der Waals surface area contributed by atoms with E-state index in [9.17, 15) is 13.2 Å². The number of halogens is 4. The number of hydrogen-bond acceptors (Lipinski definition) is 2. The van der Waals surface area contributed by atoms with Crippen LogP contribution in [0.25, 0.3) is 0 Å². The van der Waals surface area contributed by atoms with Crippen LogP contribution in [0.1, 0.15) is 19.4 Å². The fourth-order valence-electron chi connectivity index (χ4n) is 2.08. The first kappa shape index (κ1) is 16.5. The average Bonchev–Trinajstić information content (AvgIpc) is 2.77. The van der Waals surface area contributed by atoms with Crippen LogP contribution in [0.4, 0.5) is 18.9 Å². The van der Waals surface area contributed by atoms with E-state index in [1.807, 2.05) is 4.90 Å². The number of aliphatic imine (C=N–C) groups is 1. The highest BCUT2D eigenvalue weighted by Gasteiger charge is 2.34. The lowest BCUT2D eigenvalue weighted by Gasteiger charge is -2.20. The van der Waals surface area contributed by atoms with Crippen LogP contribution >= 0.6 is 23.4 Å². The molecule has 0 unspecified atom stereocenters. The molecule has 2 rings (SSSR count). The third kappa shape index (κ3) is 4.30. The number of nitrogens with zero attached hydrogens (tertiary/aromatic N) is 2. The number of alkyl halides is 3. The Kier molecular flexibility index (Phi) is 5.09. The third-order valence-electron chi connectivity index (χ3n) is 2.93. The molecule has 0 N–H and O–H groups in total. The molecule has 7 heteroatoms. The highest BCUT2D eigenvalue weighted by atomic mass is 35.5. The summed E-state index contributed by atoms with van der Waals surface area (Å²) in [6.07, 6.45) is -4.46. The standard InChI is InChI=1S/C14H16ClF3N2S/c1-9(2)8-20-5-6-21-13(20)19-12-4-3-10(15)7-11(12)14(16,17)18/h3-4,7,9H,5-6,8H2,1-2H3. The van der Waals surface area contributed by atoms with Crippen molar-refractivity contribution in [3.63, 3.8) is 0 Å².